The predicted octanol–water partition coefficient (Wildman–Crippen LogP) is 1.68. The Hall–Kier alpha value is -2.05. The van der Waals surface area contributed by atoms with Gasteiger partial charge in [-0.2, -0.15) is 0 Å². The number of carbonyl (C=O) groups is 3. The summed E-state index contributed by atoms with van der Waals surface area (Å²) < 4.78 is 0. The van der Waals surface area contributed by atoms with E-state index in [9.17, 15) is 14.4 Å². The van der Waals surface area contributed by atoms with Gasteiger partial charge in [-0.25, -0.2) is 0 Å². The third-order valence-electron chi connectivity index (χ3n) is 2.32. The van der Waals surface area contributed by atoms with Crippen LogP contribution in [0, 0.1) is 0 Å². The molecule has 0 aromatic heterocycles. The molecular weight excluding hydrogens is 329 g/mol. The van der Waals surface area contributed by atoms with E-state index in [0.29, 0.717) is 15.6 Å². The van der Waals surface area contributed by atoms with Gasteiger partial charge >= 0.3 is 11.8 Å². The van der Waals surface area contributed by atoms with Gasteiger partial charge in [-0.1, -0.05) is 35.3 Å². The zero-order valence-corrected chi connectivity index (χ0v) is 13.5. The predicted molar refractivity (Wildman–Crippen MR) is 85.1 cm³/mol. The molecule has 1 aromatic carbocycles. The topological polar surface area (TPSA) is 87.3 Å². The molecule has 0 atom stereocenters. The third-order valence-corrected chi connectivity index (χ3v) is 3.15. The first-order chi connectivity index (χ1) is 10.3. The highest BCUT2D eigenvalue weighted by Crippen LogP contribution is 2.26. The minimum atomic E-state index is -0.962. The van der Waals surface area contributed by atoms with Crippen LogP contribution < -0.4 is 16.2 Å². The van der Waals surface area contributed by atoms with Crippen LogP contribution in [0.1, 0.15) is 19.4 Å². The minimum absolute atomic E-state index is 0.182. The maximum Gasteiger partial charge on any atom is 0.327 e. The molecule has 0 bridgehead atoms. The number of amides is 3. The number of benzene rings is 1. The molecule has 0 radical (unpaired) electrons. The summed E-state index contributed by atoms with van der Waals surface area (Å²) in [6, 6.07) is 4.80. The lowest BCUT2D eigenvalue weighted by molar-refractivity contribution is -0.140. The van der Waals surface area contributed by atoms with Gasteiger partial charge in [0, 0.05) is 12.1 Å². The molecule has 0 aliphatic rings. The molecule has 0 heterocycles. The average molecular weight is 344 g/mol. The van der Waals surface area contributed by atoms with Gasteiger partial charge in [0.2, 0.25) is 0 Å². The van der Waals surface area contributed by atoms with Crippen molar-refractivity contribution in [3.8, 4) is 0 Å². The summed E-state index contributed by atoms with van der Waals surface area (Å²) in [5.74, 6) is -2.42. The third kappa shape index (κ3) is 5.75. The Morgan fingerprint density at radius 3 is 2.41 bits per heavy atom. The van der Waals surface area contributed by atoms with Crippen molar-refractivity contribution >= 4 is 47.0 Å². The fourth-order valence-corrected chi connectivity index (χ4v) is 1.73. The van der Waals surface area contributed by atoms with E-state index in [1.807, 2.05) is 5.43 Å². The Balaban J connectivity index is 2.53. The van der Waals surface area contributed by atoms with Crippen molar-refractivity contribution in [3.63, 3.8) is 0 Å². The monoisotopic (exact) mass is 343 g/mol. The fraction of sp³-hybridized carbons (Fsp3) is 0.214. The first kappa shape index (κ1) is 18.0. The second-order valence-electron chi connectivity index (χ2n) is 4.55. The minimum Gasteiger partial charge on any atom is -0.346 e. The molecule has 0 fully saturated rings. The largest absolute Gasteiger partial charge is 0.346 e. The van der Waals surface area contributed by atoms with Crippen LogP contribution in [0.25, 0.3) is 6.08 Å². The van der Waals surface area contributed by atoms with Gasteiger partial charge in [-0.05, 0) is 31.6 Å². The number of nitrogens with one attached hydrogen (secondary N) is 3. The number of rotatable bonds is 3. The van der Waals surface area contributed by atoms with Crippen LogP contribution in [-0.4, -0.2) is 23.8 Å². The summed E-state index contributed by atoms with van der Waals surface area (Å²) in [6.45, 7) is 3.42. The lowest BCUT2D eigenvalue weighted by Gasteiger charge is -2.08. The van der Waals surface area contributed by atoms with E-state index in [-0.39, 0.29) is 6.04 Å². The van der Waals surface area contributed by atoms with Gasteiger partial charge in [0.15, 0.2) is 0 Å². The van der Waals surface area contributed by atoms with Crippen molar-refractivity contribution in [2.75, 3.05) is 0 Å². The van der Waals surface area contributed by atoms with Gasteiger partial charge in [0.05, 0.1) is 10.0 Å². The highest BCUT2D eigenvalue weighted by Gasteiger charge is 2.14. The van der Waals surface area contributed by atoms with Gasteiger partial charge in [-0.15, -0.1) is 0 Å². The first-order valence-corrected chi connectivity index (χ1v) is 7.09. The SMILES string of the molecule is CC(C)NC(=O)C(=O)NNC(=O)/C=C/c1cccc(Cl)c1Cl. The van der Waals surface area contributed by atoms with E-state index in [2.05, 4.69) is 10.7 Å². The van der Waals surface area contributed by atoms with Crippen molar-refractivity contribution in [1.29, 1.82) is 0 Å². The second-order valence-corrected chi connectivity index (χ2v) is 5.33. The summed E-state index contributed by atoms with van der Waals surface area (Å²) in [6.07, 6.45) is 2.59. The number of hydrogen-bond acceptors (Lipinski definition) is 3. The molecule has 0 saturated carbocycles. The molecule has 3 N–H and O–H groups in total. The molecule has 1 aromatic rings. The van der Waals surface area contributed by atoms with Crippen LogP contribution in [0.15, 0.2) is 24.3 Å². The normalized spacial score (nSPS) is 10.6. The quantitative estimate of drug-likeness (QED) is 0.443. The lowest BCUT2D eigenvalue weighted by atomic mass is 10.2. The van der Waals surface area contributed by atoms with E-state index in [1.165, 1.54) is 6.08 Å². The van der Waals surface area contributed by atoms with Crippen LogP contribution in [0.4, 0.5) is 0 Å². The van der Waals surface area contributed by atoms with Crippen molar-refractivity contribution in [2.24, 2.45) is 0 Å². The number of carbonyl (C=O) groups excluding carboxylic acids is 3. The Kier molecular flexibility index (Phi) is 6.88. The summed E-state index contributed by atoms with van der Waals surface area (Å²) in [5, 5.41) is 3.06. The molecule has 0 saturated heterocycles. The van der Waals surface area contributed by atoms with E-state index < -0.39 is 17.7 Å². The van der Waals surface area contributed by atoms with Gasteiger partial charge in [0.1, 0.15) is 0 Å². The van der Waals surface area contributed by atoms with E-state index >= 15 is 0 Å². The lowest BCUT2D eigenvalue weighted by Crippen LogP contribution is -2.49. The van der Waals surface area contributed by atoms with Crippen molar-refractivity contribution in [3.05, 3.63) is 39.9 Å². The van der Waals surface area contributed by atoms with Gasteiger partial charge in [0.25, 0.3) is 5.91 Å². The van der Waals surface area contributed by atoms with Crippen LogP contribution >= 0.6 is 23.2 Å². The Morgan fingerprint density at radius 2 is 1.77 bits per heavy atom. The summed E-state index contributed by atoms with van der Waals surface area (Å²) >= 11 is 11.8. The first-order valence-electron chi connectivity index (χ1n) is 6.34. The standard InChI is InChI=1S/C14H15Cl2N3O3/c1-8(2)17-13(21)14(22)19-18-11(20)7-6-9-4-3-5-10(15)12(9)16/h3-8H,1-2H3,(H,17,21)(H,18,20)(H,19,22)/b7-6+. The maximum absolute atomic E-state index is 11.5. The number of hydrogen-bond donors (Lipinski definition) is 3. The molecule has 3 amide bonds. The van der Waals surface area contributed by atoms with Crippen molar-refractivity contribution < 1.29 is 14.4 Å². The van der Waals surface area contributed by atoms with Crippen LogP contribution in [0.3, 0.4) is 0 Å². The molecule has 22 heavy (non-hydrogen) atoms. The molecule has 0 aliphatic heterocycles. The zero-order chi connectivity index (χ0) is 16.7. The summed E-state index contributed by atoms with van der Waals surface area (Å²) in [4.78, 5) is 34.2. The fourth-order valence-electron chi connectivity index (χ4n) is 1.36. The molecule has 0 aliphatic carbocycles. The highest BCUT2D eigenvalue weighted by atomic mass is 35.5. The second kappa shape index (κ2) is 8.41. The van der Waals surface area contributed by atoms with Gasteiger partial charge in [-0.3, -0.25) is 25.2 Å². The molecule has 6 nitrogen and oxygen atoms in total. The highest BCUT2D eigenvalue weighted by molar-refractivity contribution is 6.42. The molecule has 118 valence electrons. The smallest absolute Gasteiger partial charge is 0.327 e. The maximum atomic E-state index is 11.5. The molecule has 8 heteroatoms. The molecule has 1 rings (SSSR count). The molecule has 0 spiro atoms. The molecular formula is C14H15Cl2N3O3. The van der Waals surface area contributed by atoms with Crippen LogP contribution in [0.5, 0.6) is 0 Å². The van der Waals surface area contributed by atoms with Gasteiger partial charge < -0.3 is 5.32 Å². The van der Waals surface area contributed by atoms with Crippen molar-refractivity contribution in [1.82, 2.24) is 16.2 Å². The average Bonchev–Trinajstić information content (AvgIpc) is 2.45. The van der Waals surface area contributed by atoms with Crippen LogP contribution in [0.2, 0.25) is 10.0 Å². The summed E-state index contributed by atoms with van der Waals surface area (Å²) in [5.41, 5.74) is 4.62. The Labute approximate surface area is 137 Å². The number of hydrazine groups is 1. The Morgan fingerprint density at radius 1 is 1.09 bits per heavy atom. The summed E-state index contributed by atoms with van der Waals surface area (Å²) in [7, 11) is 0. The van der Waals surface area contributed by atoms with Crippen LogP contribution in [-0.2, 0) is 14.4 Å². The van der Waals surface area contributed by atoms with Crippen molar-refractivity contribution in [2.45, 2.75) is 19.9 Å². The zero-order valence-electron chi connectivity index (χ0n) is 11.9. The Bertz CT molecular complexity index is 615. The van der Waals surface area contributed by atoms with E-state index in [1.54, 1.807) is 32.0 Å². The molecule has 0 unspecified atom stereocenters. The van der Waals surface area contributed by atoms with E-state index in [0.717, 1.165) is 6.08 Å². The number of halogens is 2. The van der Waals surface area contributed by atoms with E-state index in [4.69, 9.17) is 23.2 Å².